The highest BCUT2D eigenvalue weighted by atomic mass is 16.6. The molecule has 0 bridgehead atoms. The van der Waals surface area contributed by atoms with Crippen LogP contribution in [0.5, 0.6) is 0 Å². The zero-order chi connectivity index (χ0) is 41.9. The minimum absolute atomic E-state index is 0.0643. The zero-order valence-corrected chi connectivity index (χ0v) is 39.0. The van der Waals surface area contributed by atoms with Gasteiger partial charge in [-0.1, -0.05) is 240 Å². The first-order valence-corrected chi connectivity index (χ1v) is 25.3. The van der Waals surface area contributed by atoms with Crippen molar-refractivity contribution in [2.75, 3.05) is 13.2 Å². The molecule has 338 valence electrons. The first-order chi connectivity index (χ1) is 27.8. The van der Waals surface area contributed by atoms with E-state index in [1.165, 1.54) is 167 Å². The van der Waals surface area contributed by atoms with Gasteiger partial charge in [-0.2, -0.15) is 0 Å². The van der Waals surface area contributed by atoms with Gasteiger partial charge in [0.25, 0.3) is 0 Å². The number of unbranched alkanes of at least 4 members (excludes halogenated alkanes) is 29. The molecule has 6 heteroatoms. The minimum Gasteiger partial charge on any atom is -0.462 e. The molecule has 0 aromatic rings. The van der Waals surface area contributed by atoms with E-state index in [0.717, 1.165) is 69.6 Å². The minimum atomic E-state index is -0.761. The molecule has 0 saturated heterocycles. The SMILES string of the molecule is CCCCCCCCCCCCC(=O)OC[C@@H](COC(=O)CCCCCCCCCCC(C)C)OC(=O)CCCCCCCCCCCCCCCCC(C)CC. The first-order valence-electron chi connectivity index (χ1n) is 25.3. The molecule has 0 aliphatic carbocycles. The van der Waals surface area contributed by atoms with Crippen LogP contribution >= 0.6 is 0 Å². The number of hydrogen-bond donors (Lipinski definition) is 0. The maximum Gasteiger partial charge on any atom is 0.306 e. The summed E-state index contributed by atoms with van der Waals surface area (Å²) in [4.78, 5) is 37.8. The smallest absolute Gasteiger partial charge is 0.306 e. The molecule has 0 saturated carbocycles. The summed E-state index contributed by atoms with van der Waals surface area (Å²) >= 11 is 0. The Morgan fingerprint density at radius 3 is 1.00 bits per heavy atom. The van der Waals surface area contributed by atoms with Crippen molar-refractivity contribution in [3.8, 4) is 0 Å². The fourth-order valence-electron chi connectivity index (χ4n) is 7.60. The molecule has 1 unspecified atom stereocenters. The lowest BCUT2D eigenvalue weighted by molar-refractivity contribution is -0.167. The highest BCUT2D eigenvalue weighted by Gasteiger charge is 2.19. The standard InChI is InChI=1S/C51H98O6/c1-6-8-9-10-11-12-20-26-31-36-41-49(52)55-44-48(45-56-50(53)42-37-32-27-23-22-24-29-34-39-46(3)4)57-51(54)43-38-33-28-21-18-16-14-13-15-17-19-25-30-35-40-47(5)7-2/h46-48H,6-45H2,1-5H3/t47?,48-/m0/s1. The Balaban J connectivity index is 4.27. The van der Waals surface area contributed by atoms with Gasteiger partial charge in [0.1, 0.15) is 13.2 Å². The maximum absolute atomic E-state index is 12.8. The molecule has 0 fully saturated rings. The van der Waals surface area contributed by atoms with Crippen LogP contribution < -0.4 is 0 Å². The third-order valence-corrected chi connectivity index (χ3v) is 11.8. The molecule has 6 nitrogen and oxygen atoms in total. The summed E-state index contributed by atoms with van der Waals surface area (Å²) < 4.78 is 16.8. The molecule has 57 heavy (non-hydrogen) atoms. The van der Waals surface area contributed by atoms with E-state index < -0.39 is 6.10 Å². The third-order valence-electron chi connectivity index (χ3n) is 11.8. The lowest BCUT2D eigenvalue weighted by Crippen LogP contribution is -2.30. The van der Waals surface area contributed by atoms with Gasteiger partial charge in [0.05, 0.1) is 0 Å². The van der Waals surface area contributed by atoms with Gasteiger partial charge >= 0.3 is 17.9 Å². The van der Waals surface area contributed by atoms with E-state index in [1.807, 2.05) is 0 Å². The van der Waals surface area contributed by atoms with Crippen LogP contribution in [-0.4, -0.2) is 37.2 Å². The van der Waals surface area contributed by atoms with Gasteiger partial charge in [-0.3, -0.25) is 14.4 Å². The second-order valence-electron chi connectivity index (χ2n) is 18.2. The molecule has 0 aromatic carbocycles. The Morgan fingerprint density at radius 1 is 0.368 bits per heavy atom. The van der Waals surface area contributed by atoms with Crippen molar-refractivity contribution in [2.24, 2.45) is 11.8 Å². The van der Waals surface area contributed by atoms with Gasteiger partial charge in [-0.05, 0) is 31.1 Å². The van der Waals surface area contributed by atoms with E-state index >= 15 is 0 Å². The van der Waals surface area contributed by atoms with Crippen molar-refractivity contribution < 1.29 is 28.6 Å². The molecule has 0 rings (SSSR count). The van der Waals surface area contributed by atoms with E-state index in [-0.39, 0.29) is 31.1 Å². The summed E-state index contributed by atoms with van der Waals surface area (Å²) in [5, 5.41) is 0. The van der Waals surface area contributed by atoms with Crippen molar-refractivity contribution >= 4 is 17.9 Å². The second kappa shape index (κ2) is 44.0. The fourth-order valence-corrected chi connectivity index (χ4v) is 7.60. The van der Waals surface area contributed by atoms with Crippen molar-refractivity contribution in [2.45, 2.75) is 285 Å². The predicted molar refractivity (Wildman–Crippen MR) is 243 cm³/mol. The van der Waals surface area contributed by atoms with Crippen LogP contribution in [-0.2, 0) is 28.6 Å². The predicted octanol–water partition coefficient (Wildman–Crippen LogP) is 16.1. The molecule has 0 heterocycles. The van der Waals surface area contributed by atoms with E-state index in [2.05, 4.69) is 34.6 Å². The molecule has 0 N–H and O–H groups in total. The molecular weight excluding hydrogens is 709 g/mol. The fraction of sp³-hybridized carbons (Fsp3) is 0.941. The van der Waals surface area contributed by atoms with Crippen molar-refractivity contribution in [3.63, 3.8) is 0 Å². The van der Waals surface area contributed by atoms with Crippen LogP contribution in [0.1, 0.15) is 279 Å². The van der Waals surface area contributed by atoms with Gasteiger partial charge in [-0.25, -0.2) is 0 Å². The molecule has 0 aliphatic rings. The van der Waals surface area contributed by atoms with Crippen LogP contribution in [0.3, 0.4) is 0 Å². The van der Waals surface area contributed by atoms with Crippen LogP contribution in [0.25, 0.3) is 0 Å². The monoisotopic (exact) mass is 807 g/mol. The zero-order valence-electron chi connectivity index (χ0n) is 39.0. The largest absolute Gasteiger partial charge is 0.462 e. The molecular formula is C51H98O6. The summed E-state index contributed by atoms with van der Waals surface area (Å²) in [5.74, 6) is 0.838. The van der Waals surface area contributed by atoms with Crippen LogP contribution in [0.4, 0.5) is 0 Å². The highest BCUT2D eigenvalue weighted by molar-refractivity contribution is 5.71. The summed E-state index contributed by atoms with van der Waals surface area (Å²) in [5.41, 5.74) is 0. The number of esters is 3. The number of carbonyl (C=O) groups is 3. The van der Waals surface area contributed by atoms with E-state index in [4.69, 9.17) is 14.2 Å². The summed E-state index contributed by atoms with van der Waals surface area (Å²) in [7, 11) is 0. The summed E-state index contributed by atoms with van der Waals surface area (Å²) in [6.45, 7) is 11.4. The Kier molecular flexibility index (Phi) is 42.7. The highest BCUT2D eigenvalue weighted by Crippen LogP contribution is 2.18. The Labute approximate surface area is 355 Å². The number of carbonyl (C=O) groups excluding carboxylic acids is 3. The maximum atomic E-state index is 12.8. The van der Waals surface area contributed by atoms with Crippen LogP contribution in [0.15, 0.2) is 0 Å². The topological polar surface area (TPSA) is 78.9 Å². The number of ether oxygens (including phenoxy) is 3. The van der Waals surface area contributed by atoms with Crippen LogP contribution in [0, 0.1) is 11.8 Å². The average Bonchev–Trinajstić information content (AvgIpc) is 3.19. The third kappa shape index (κ3) is 43.8. The Hall–Kier alpha value is -1.59. The van der Waals surface area contributed by atoms with Crippen molar-refractivity contribution in [1.82, 2.24) is 0 Å². The number of rotatable bonds is 45. The molecule has 0 amide bonds. The first kappa shape index (κ1) is 55.4. The van der Waals surface area contributed by atoms with Crippen molar-refractivity contribution in [1.29, 1.82) is 0 Å². The Bertz CT molecular complexity index is 872. The summed E-state index contributed by atoms with van der Waals surface area (Å²) in [6, 6.07) is 0. The van der Waals surface area contributed by atoms with Crippen molar-refractivity contribution in [3.05, 3.63) is 0 Å². The quantitative estimate of drug-likeness (QED) is 0.0346. The normalized spacial score (nSPS) is 12.5. The van der Waals surface area contributed by atoms with Gasteiger partial charge in [-0.15, -0.1) is 0 Å². The van der Waals surface area contributed by atoms with E-state index in [0.29, 0.717) is 19.3 Å². The molecule has 2 atom stereocenters. The van der Waals surface area contributed by atoms with Gasteiger partial charge in [0.2, 0.25) is 0 Å². The molecule has 0 aromatic heterocycles. The van der Waals surface area contributed by atoms with Gasteiger partial charge < -0.3 is 14.2 Å². The summed E-state index contributed by atoms with van der Waals surface area (Å²) in [6.07, 6.45) is 43.7. The average molecular weight is 807 g/mol. The molecule has 0 aliphatic heterocycles. The lowest BCUT2D eigenvalue weighted by atomic mass is 9.99. The van der Waals surface area contributed by atoms with Crippen LogP contribution in [0.2, 0.25) is 0 Å². The molecule has 0 radical (unpaired) electrons. The second-order valence-corrected chi connectivity index (χ2v) is 18.2. The van der Waals surface area contributed by atoms with E-state index in [1.54, 1.807) is 0 Å². The van der Waals surface area contributed by atoms with E-state index in [9.17, 15) is 14.4 Å². The Morgan fingerprint density at radius 2 is 0.667 bits per heavy atom. The lowest BCUT2D eigenvalue weighted by Gasteiger charge is -2.18. The number of hydrogen-bond acceptors (Lipinski definition) is 6. The van der Waals surface area contributed by atoms with Gasteiger partial charge in [0, 0.05) is 19.3 Å². The molecule has 0 spiro atoms. The van der Waals surface area contributed by atoms with Gasteiger partial charge in [0.15, 0.2) is 6.10 Å².